The van der Waals surface area contributed by atoms with Crippen LogP contribution in [-0.2, 0) is 14.4 Å². The van der Waals surface area contributed by atoms with E-state index in [4.69, 9.17) is 4.74 Å². The van der Waals surface area contributed by atoms with Gasteiger partial charge in [-0.1, -0.05) is 18.2 Å². The number of para-hydroxylation sites is 1. The Morgan fingerprint density at radius 1 is 0.968 bits per heavy atom. The van der Waals surface area contributed by atoms with E-state index >= 15 is 0 Å². The number of aryl methyl sites for hydroxylation is 2. The zero-order chi connectivity index (χ0) is 23.0. The van der Waals surface area contributed by atoms with Gasteiger partial charge in [-0.2, -0.15) is 0 Å². The maximum Gasteiger partial charge on any atom is 0.279 e. The van der Waals surface area contributed by atoms with Crippen LogP contribution in [0.3, 0.4) is 0 Å². The SMILES string of the molecule is COc1ccc(NC(=O)C[NH+](C)[C@H](C)C(=O)NCC(=O)Nc2c(C)cccc2C)cc1. The van der Waals surface area contributed by atoms with Crippen molar-refractivity contribution < 1.29 is 24.0 Å². The molecule has 0 fully saturated rings. The second-order valence-electron chi connectivity index (χ2n) is 7.55. The lowest BCUT2D eigenvalue weighted by Gasteiger charge is -2.20. The lowest BCUT2D eigenvalue weighted by molar-refractivity contribution is -0.885. The Labute approximate surface area is 183 Å². The summed E-state index contributed by atoms with van der Waals surface area (Å²) >= 11 is 0. The third-order valence-corrected chi connectivity index (χ3v) is 5.11. The third kappa shape index (κ3) is 7.11. The van der Waals surface area contributed by atoms with Gasteiger partial charge < -0.3 is 25.6 Å². The van der Waals surface area contributed by atoms with Crippen LogP contribution in [0.25, 0.3) is 0 Å². The Morgan fingerprint density at radius 3 is 2.16 bits per heavy atom. The Morgan fingerprint density at radius 2 is 1.58 bits per heavy atom. The quantitative estimate of drug-likeness (QED) is 0.478. The summed E-state index contributed by atoms with van der Waals surface area (Å²) in [5, 5.41) is 8.27. The van der Waals surface area contributed by atoms with Crippen LogP contribution in [0.1, 0.15) is 18.1 Å². The van der Waals surface area contributed by atoms with Gasteiger partial charge in [-0.3, -0.25) is 14.4 Å². The first kappa shape index (κ1) is 23.9. The number of benzene rings is 2. The standard InChI is InChI=1S/C23H30N4O4/c1-15-7-6-8-16(2)22(15)26-20(28)13-24-23(30)17(3)27(4)14-21(29)25-18-9-11-19(31-5)12-10-18/h6-12,17H,13-14H2,1-5H3,(H,24,30)(H,25,29)(H,26,28)/p+1/t17-/m1/s1. The summed E-state index contributed by atoms with van der Waals surface area (Å²) in [5.41, 5.74) is 3.33. The van der Waals surface area contributed by atoms with Crippen molar-refractivity contribution in [3.63, 3.8) is 0 Å². The predicted molar refractivity (Wildman–Crippen MR) is 120 cm³/mol. The van der Waals surface area contributed by atoms with Crippen molar-refractivity contribution in [1.82, 2.24) is 5.32 Å². The molecular formula is C23H31N4O4+. The summed E-state index contributed by atoms with van der Waals surface area (Å²) in [4.78, 5) is 37.6. The van der Waals surface area contributed by atoms with E-state index in [1.54, 1.807) is 45.3 Å². The Balaban J connectivity index is 1.80. The average molecular weight is 428 g/mol. The van der Waals surface area contributed by atoms with Crippen LogP contribution in [0.2, 0.25) is 0 Å². The molecule has 0 aliphatic carbocycles. The summed E-state index contributed by atoms with van der Waals surface area (Å²) < 4.78 is 5.09. The van der Waals surface area contributed by atoms with Crippen molar-refractivity contribution in [2.75, 3.05) is 37.9 Å². The molecule has 0 aromatic heterocycles. The smallest absolute Gasteiger partial charge is 0.279 e. The number of ether oxygens (including phenoxy) is 1. The molecule has 2 aromatic rings. The molecule has 0 saturated heterocycles. The number of methoxy groups -OCH3 is 1. The highest BCUT2D eigenvalue weighted by Crippen LogP contribution is 2.19. The minimum atomic E-state index is -0.505. The molecule has 3 amide bonds. The second kappa shape index (κ2) is 11.1. The highest BCUT2D eigenvalue weighted by atomic mass is 16.5. The molecule has 0 bridgehead atoms. The van der Waals surface area contributed by atoms with E-state index in [1.165, 1.54) is 0 Å². The van der Waals surface area contributed by atoms with Gasteiger partial charge in [0.2, 0.25) is 5.91 Å². The summed E-state index contributed by atoms with van der Waals surface area (Å²) in [6.45, 7) is 5.52. The minimum Gasteiger partial charge on any atom is -0.497 e. The average Bonchev–Trinajstić information content (AvgIpc) is 2.74. The van der Waals surface area contributed by atoms with Crippen molar-refractivity contribution in [3.05, 3.63) is 53.6 Å². The number of nitrogens with one attached hydrogen (secondary N) is 4. The van der Waals surface area contributed by atoms with Gasteiger partial charge in [0.1, 0.15) is 5.75 Å². The van der Waals surface area contributed by atoms with E-state index < -0.39 is 6.04 Å². The summed E-state index contributed by atoms with van der Waals surface area (Å²) in [7, 11) is 3.33. The minimum absolute atomic E-state index is 0.106. The number of hydrogen-bond acceptors (Lipinski definition) is 4. The molecule has 0 saturated carbocycles. The fraction of sp³-hybridized carbons (Fsp3) is 0.348. The lowest BCUT2D eigenvalue weighted by atomic mass is 10.1. The highest BCUT2D eigenvalue weighted by Gasteiger charge is 2.24. The zero-order valence-electron chi connectivity index (χ0n) is 18.7. The van der Waals surface area contributed by atoms with Crippen LogP contribution in [0, 0.1) is 13.8 Å². The first-order valence-corrected chi connectivity index (χ1v) is 10.1. The van der Waals surface area contributed by atoms with E-state index in [9.17, 15) is 14.4 Å². The highest BCUT2D eigenvalue weighted by molar-refractivity contribution is 5.96. The van der Waals surface area contributed by atoms with Crippen molar-refractivity contribution in [3.8, 4) is 5.75 Å². The first-order valence-electron chi connectivity index (χ1n) is 10.1. The third-order valence-electron chi connectivity index (χ3n) is 5.11. The normalized spacial score (nSPS) is 12.4. The van der Waals surface area contributed by atoms with Crippen LogP contribution in [0.5, 0.6) is 5.75 Å². The van der Waals surface area contributed by atoms with Crippen LogP contribution in [0.4, 0.5) is 11.4 Å². The summed E-state index contributed by atoms with van der Waals surface area (Å²) in [5.74, 6) is -0.109. The molecule has 0 heterocycles. The number of carbonyl (C=O) groups is 3. The molecule has 2 atom stereocenters. The van der Waals surface area contributed by atoms with E-state index in [0.29, 0.717) is 16.3 Å². The van der Waals surface area contributed by atoms with Gasteiger partial charge in [-0.05, 0) is 56.2 Å². The molecular weight excluding hydrogens is 396 g/mol. The van der Waals surface area contributed by atoms with Gasteiger partial charge in [0.15, 0.2) is 12.6 Å². The van der Waals surface area contributed by atoms with Crippen molar-refractivity contribution >= 4 is 29.1 Å². The molecule has 2 rings (SSSR count). The molecule has 4 N–H and O–H groups in total. The maximum absolute atomic E-state index is 12.4. The first-order chi connectivity index (χ1) is 14.7. The van der Waals surface area contributed by atoms with E-state index in [1.807, 2.05) is 32.0 Å². The molecule has 31 heavy (non-hydrogen) atoms. The number of rotatable bonds is 9. The molecule has 2 aromatic carbocycles. The summed E-state index contributed by atoms with van der Waals surface area (Å²) in [6.07, 6.45) is 0. The molecule has 166 valence electrons. The molecule has 0 aliphatic rings. The number of amides is 3. The Kier molecular flexibility index (Phi) is 8.57. The van der Waals surface area contributed by atoms with Crippen molar-refractivity contribution in [2.24, 2.45) is 0 Å². The molecule has 0 radical (unpaired) electrons. The summed E-state index contributed by atoms with van der Waals surface area (Å²) in [6, 6.07) is 12.3. The van der Waals surface area contributed by atoms with E-state index in [0.717, 1.165) is 16.8 Å². The lowest BCUT2D eigenvalue weighted by Crippen LogP contribution is -3.15. The van der Waals surface area contributed by atoms with Gasteiger partial charge >= 0.3 is 0 Å². The van der Waals surface area contributed by atoms with Crippen molar-refractivity contribution in [1.29, 1.82) is 0 Å². The van der Waals surface area contributed by atoms with Gasteiger partial charge in [-0.15, -0.1) is 0 Å². The van der Waals surface area contributed by atoms with Gasteiger partial charge in [0.25, 0.3) is 11.8 Å². The second-order valence-corrected chi connectivity index (χ2v) is 7.55. The number of quaternary nitrogens is 1. The number of carbonyl (C=O) groups excluding carboxylic acids is 3. The van der Waals surface area contributed by atoms with E-state index in [-0.39, 0.29) is 30.8 Å². The van der Waals surface area contributed by atoms with Crippen LogP contribution in [0.15, 0.2) is 42.5 Å². The molecule has 0 aliphatic heterocycles. The van der Waals surface area contributed by atoms with Gasteiger partial charge in [0.05, 0.1) is 20.7 Å². The topological polar surface area (TPSA) is 101 Å². The molecule has 1 unspecified atom stereocenters. The van der Waals surface area contributed by atoms with Crippen LogP contribution >= 0.6 is 0 Å². The van der Waals surface area contributed by atoms with Gasteiger partial charge in [0, 0.05) is 11.4 Å². The number of anilines is 2. The predicted octanol–water partition coefficient (Wildman–Crippen LogP) is 0.909. The van der Waals surface area contributed by atoms with E-state index in [2.05, 4.69) is 16.0 Å². The fourth-order valence-electron chi connectivity index (χ4n) is 3.03. The molecule has 0 spiro atoms. The zero-order valence-corrected chi connectivity index (χ0v) is 18.7. The number of hydrogen-bond donors (Lipinski definition) is 4. The van der Waals surface area contributed by atoms with Crippen LogP contribution < -0.4 is 25.6 Å². The Hall–Kier alpha value is -3.39. The van der Waals surface area contributed by atoms with Crippen molar-refractivity contribution in [2.45, 2.75) is 26.8 Å². The molecule has 8 heteroatoms. The largest absolute Gasteiger partial charge is 0.497 e. The monoisotopic (exact) mass is 427 g/mol. The maximum atomic E-state index is 12.4. The fourth-order valence-corrected chi connectivity index (χ4v) is 3.03. The molecule has 8 nitrogen and oxygen atoms in total. The Bertz CT molecular complexity index is 907. The van der Waals surface area contributed by atoms with Gasteiger partial charge in [-0.25, -0.2) is 0 Å². The number of likely N-dealkylation sites (N-methyl/N-ethyl adjacent to an activating group) is 1. The van der Waals surface area contributed by atoms with Crippen LogP contribution in [-0.4, -0.2) is 51.0 Å².